The molecule has 2 aliphatic rings. The Morgan fingerprint density at radius 2 is 1.70 bits per heavy atom. The van der Waals surface area contributed by atoms with Gasteiger partial charge in [0.05, 0.1) is 4.90 Å². The van der Waals surface area contributed by atoms with E-state index in [1.807, 2.05) is 0 Å². The zero-order chi connectivity index (χ0) is 16.6. The quantitative estimate of drug-likeness (QED) is 0.874. The van der Waals surface area contributed by atoms with Crippen molar-refractivity contribution >= 4 is 21.6 Å². The molecule has 0 radical (unpaired) electrons. The summed E-state index contributed by atoms with van der Waals surface area (Å²) < 4.78 is 27.9. The molecule has 1 unspecified atom stereocenters. The van der Waals surface area contributed by atoms with Gasteiger partial charge in [-0.2, -0.15) is 0 Å². The zero-order valence-electron chi connectivity index (χ0n) is 13.5. The first-order valence-corrected chi connectivity index (χ1v) is 9.45. The summed E-state index contributed by atoms with van der Waals surface area (Å²) in [5.74, 6) is -0.180. The van der Waals surface area contributed by atoms with Crippen LogP contribution < -0.4 is 10.0 Å². The van der Waals surface area contributed by atoms with Crippen molar-refractivity contribution in [2.45, 2.75) is 55.6 Å². The van der Waals surface area contributed by atoms with E-state index >= 15 is 0 Å². The predicted molar refractivity (Wildman–Crippen MR) is 88.7 cm³/mol. The topological polar surface area (TPSA) is 78.5 Å². The average Bonchev–Trinajstić information content (AvgIpc) is 2.70. The highest BCUT2D eigenvalue weighted by Gasteiger charge is 2.39. The first-order valence-electron chi connectivity index (χ1n) is 7.97. The smallest absolute Gasteiger partial charge is 0.240 e. The van der Waals surface area contributed by atoms with E-state index in [-0.39, 0.29) is 16.8 Å². The maximum atomic E-state index is 12.5. The van der Waals surface area contributed by atoms with Gasteiger partial charge >= 0.3 is 0 Å². The molecule has 3 atom stereocenters. The molecular weight excluding hydrogens is 314 g/mol. The van der Waals surface area contributed by atoms with Crippen LogP contribution in [0.1, 0.15) is 32.6 Å². The number of fused-ring (bicyclic) bond motifs is 2. The van der Waals surface area contributed by atoms with Crippen molar-refractivity contribution < 1.29 is 13.2 Å². The van der Waals surface area contributed by atoms with E-state index in [2.05, 4.69) is 22.0 Å². The lowest BCUT2D eigenvalue weighted by atomic mass is 9.99. The molecule has 3 rings (SSSR count). The fraction of sp³-hybridized carbons (Fsp3) is 0.562. The lowest BCUT2D eigenvalue weighted by Gasteiger charge is -2.36. The van der Waals surface area contributed by atoms with Crippen molar-refractivity contribution in [3.63, 3.8) is 0 Å². The summed E-state index contributed by atoms with van der Waals surface area (Å²) in [6.07, 6.45) is 4.06. The zero-order valence-corrected chi connectivity index (χ0v) is 14.3. The summed E-state index contributed by atoms with van der Waals surface area (Å²) in [4.78, 5) is 13.6. The van der Waals surface area contributed by atoms with E-state index in [9.17, 15) is 13.2 Å². The third-order valence-electron chi connectivity index (χ3n) is 4.91. The molecule has 2 heterocycles. The number of nitrogens with one attached hydrogen (secondary N) is 2. The molecule has 0 saturated carbocycles. The molecular formula is C16H23N3O3S. The molecule has 2 bridgehead atoms. The number of nitrogens with zero attached hydrogens (tertiary/aromatic N) is 1. The third-order valence-corrected chi connectivity index (χ3v) is 6.44. The number of carbonyl (C=O) groups is 1. The van der Waals surface area contributed by atoms with Gasteiger partial charge in [0.25, 0.3) is 0 Å². The summed E-state index contributed by atoms with van der Waals surface area (Å²) in [5.41, 5.74) is 0.591. The minimum absolute atomic E-state index is 0.00345. The van der Waals surface area contributed by atoms with Crippen molar-refractivity contribution in [1.82, 2.24) is 9.62 Å². The number of hydrogen-bond acceptors (Lipinski definition) is 4. The van der Waals surface area contributed by atoms with Crippen LogP contribution in [-0.2, 0) is 14.8 Å². The molecule has 0 aliphatic carbocycles. The Balaban J connectivity index is 1.68. The second-order valence-electron chi connectivity index (χ2n) is 6.55. The molecule has 2 fully saturated rings. The van der Waals surface area contributed by atoms with Crippen LogP contribution in [0.3, 0.4) is 0 Å². The van der Waals surface area contributed by atoms with Crippen molar-refractivity contribution in [2.24, 2.45) is 0 Å². The Labute approximate surface area is 137 Å². The highest BCUT2D eigenvalue weighted by atomic mass is 32.2. The molecule has 7 heteroatoms. The van der Waals surface area contributed by atoms with Gasteiger partial charge in [-0.3, -0.25) is 4.79 Å². The van der Waals surface area contributed by atoms with Crippen LogP contribution in [-0.4, -0.2) is 44.4 Å². The Morgan fingerprint density at radius 3 is 2.22 bits per heavy atom. The van der Waals surface area contributed by atoms with Crippen LogP contribution in [0.25, 0.3) is 0 Å². The van der Waals surface area contributed by atoms with E-state index in [1.165, 1.54) is 19.1 Å². The van der Waals surface area contributed by atoms with Crippen LogP contribution in [0.15, 0.2) is 29.2 Å². The molecule has 6 nitrogen and oxygen atoms in total. The predicted octanol–water partition coefficient (Wildman–Crippen LogP) is 1.55. The van der Waals surface area contributed by atoms with Gasteiger partial charge in [0.1, 0.15) is 0 Å². The maximum Gasteiger partial charge on any atom is 0.240 e. The minimum atomic E-state index is -3.52. The third kappa shape index (κ3) is 3.57. The van der Waals surface area contributed by atoms with Gasteiger partial charge in [-0.05, 0) is 57.0 Å². The lowest BCUT2D eigenvalue weighted by molar-refractivity contribution is -0.114. The standard InChI is InChI=1S/C16H23N3O3S/c1-11(20)17-12-3-7-16(8-4-12)23(21,22)18-13-9-14-5-6-15(10-13)19(14)2/h3-4,7-8,13-15,18H,5-6,9-10H2,1-2H3,(H,17,20)/t13?,14-,15+. The number of carbonyl (C=O) groups excluding carboxylic acids is 1. The molecule has 0 aromatic heterocycles. The van der Waals surface area contributed by atoms with Crippen molar-refractivity contribution in [3.8, 4) is 0 Å². The second kappa shape index (κ2) is 6.22. The first-order chi connectivity index (χ1) is 10.8. The van der Waals surface area contributed by atoms with Crippen LogP contribution >= 0.6 is 0 Å². The molecule has 1 amide bonds. The summed E-state index contributed by atoms with van der Waals surface area (Å²) in [5, 5.41) is 2.63. The van der Waals surface area contributed by atoms with Gasteiger partial charge < -0.3 is 10.2 Å². The van der Waals surface area contributed by atoms with Gasteiger partial charge in [-0.15, -0.1) is 0 Å². The Morgan fingerprint density at radius 1 is 1.13 bits per heavy atom. The molecule has 0 spiro atoms. The number of rotatable bonds is 4. The Hall–Kier alpha value is -1.44. The average molecular weight is 337 g/mol. The summed E-state index contributed by atoms with van der Waals surface area (Å²) in [7, 11) is -1.39. The molecule has 126 valence electrons. The number of anilines is 1. The Bertz CT molecular complexity index is 673. The van der Waals surface area contributed by atoms with Crippen LogP contribution in [0.4, 0.5) is 5.69 Å². The van der Waals surface area contributed by atoms with Gasteiger partial charge in [0, 0.05) is 30.7 Å². The summed E-state index contributed by atoms with van der Waals surface area (Å²) >= 11 is 0. The summed E-state index contributed by atoms with van der Waals surface area (Å²) in [6, 6.07) is 7.24. The van der Waals surface area contributed by atoms with Gasteiger partial charge in [0.15, 0.2) is 0 Å². The van der Waals surface area contributed by atoms with Gasteiger partial charge in [0.2, 0.25) is 15.9 Å². The number of sulfonamides is 1. The fourth-order valence-electron chi connectivity index (χ4n) is 3.72. The van der Waals surface area contributed by atoms with Crippen LogP contribution in [0.2, 0.25) is 0 Å². The fourth-order valence-corrected chi connectivity index (χ4v) is 4.98. The molecule has 23 heavy (non-hydrogen) atoms. The first kappa shape index (κ1) is 16.4. The highest BCUT2D eigenvalue weighted by Crippen LogP contribution is 2.34. The largest absolute Gasteiger partial charge is 0.326 e. The molecule has 2 aliphatic heterocycles. The number of hydrogen-bond donors (Lipinski definition) is 2. The van der Waals surface area contributed by atoms with E-state index in [1.54, 1.807) is 12.1 Å². The lowest BCUT2D eigenvalue weighted by Crippen LogP contribution is -2.48. The van der Waals surface area contributed by atoms with E-state index < -0.39 is 10.0 Å². The SMILES string of the molecule is CC(=O)Nc1ccc(S(=O)(=O)NC2C[C@H]3CC[C@@H](C2)N3C)cc1. The van der Waals surface area contributed by atoms with Gasteiger partial charge in [-0.1, -0.05) is 0 Å². The number of amides is 1. The normalized spacial score (nSPS) is 27.8. The second-order valence-corrected chi connectivity index (χ2v) is 8.26. The van der Waals surface area contributed by atoms with Crippen LogP contribution in [0.5, 0.6) is 0 Å². The van der Waals surface area contributed by atoms with E-state index in [0.29, 0.717) is 17.8 Å². The summed E-state index contributed by atoms with van der Waals surface area (Å²) in [6.45, 7) is 1.42. The Kier molecular flexibility index (Phi) is 4.44. The molecule has 2 saturated heterocycles. The van der Waals surface area contributed by atoms with Crippen molar-refractivity contribution in [2.75, 3.05) is 12.4 Å². The number of benzene rings is 1. The maximum absolute atomic E-state index is 12.5. The van der Waals surface area contributed by atoms with Crippen molar-refractivity contribution in [3.05, 3.63) is 24.3 Å². The number of piperidine rings is 1. The molecule has 1 aromatic carbocycles. The molecule has 1 aromatic rings. The van der Waals surface area contributed by atoms with Gasteiger partial charge in [-0.25, -0.2) is 13.1 Å². The highest BCUT2D eigenvalue weighted by molar-refractivity contribution is 7.89. The minimum Gasteiger partial charge on any atom is -0.326 e. The van der Waals surface area contributed by atoms with E-state index in [4.69, 9.17) is 0 Å². The molecule has 2 N–H and O–H groups in total. The monoisotopic (exact) mass is 337 g/mol. The van der Waals surface area contributed by atoms with E-state index in [0.717, 1.165) is 25.7 Å². The van der Waals surface area contributed by atoms with Crippen molar-refractivity contribution in [1.29, 1.82) is 0 Å². The van der Waals surface area contributed by atoms with Crippen LogP contribution in [0, 0.1) is 0 Å².